The van der Waals surface area contributed by atoms with Gasteiger partial charge in [-0.2, -0.15) is 0 Å². The highest BCUT2D eigenvalue weighted by Gasteiger charge is 2.20. The number of likely N-dealkylation sites (N-methyl/N-ethyl adjacent to an activating group) is 1. The second-order valence-electron chi connectivity index (χ2n) is 6.45. The van der Waals surface area contributed by atoms with E-state index in [1.165, 1.54) is 12.1 Å². The van der Waals surface area contributed by atoms with Crippen LogP contribution in [0.4, 0.5) is 4.39 Å². The molecule has 0 bridgehead atoms. The number of rotatable bonds is 4. The summed E-state index contributed by atoms with van der Waals surface area (Å²) in [4.78, 5) is 28.6. The average molecular weight is 355 g/mol. The highest BCUT2D eigenvalue weighted by Crippen LogP contribution is 2.11. The number of carbonyl (C=O) groups is 2. The molecule has 2 aromatic rings. The van der Waals surface area contributed by atoms with Gasteiger partial charge < -0.3 is 15.1 Å². The summed E-state index contributed by atoms with van der Waals surface area (Å²) in [6.07, 6.45) is 0. The van der Waals surface area contributed by atoms with Gasteiger partial charge in [0.05, 0.1) is 5.56 Å². The van der Waals surface area contributed by atoms with Crippen LogP contribution in [0.3, 0.4) is 0 Å². The van der Waals surface area contributed by atoms with E-state index in [0.29, 0.717) is 5.56 Å². The topological polar surface area (TPSA) is 52.6 Å². The molecule has 26 heavy (non-hydrogen) atoms. The molecule has 0 aliphatic carbocycles. The quantitative estimate of drug-likeness (QED) is 0.914. The fraction of sp³-hybridized carbons (Fsp3) is 0.300. The largest absolute Gasteiger partial charge is 0.348 e. The first-order valence-electron chi connectivity index (χ1n) is 8.64. The molecule has 5 nitrogen and oxygen atoms in total. The van der Waals surface area contributed by atoms with Crippen LogP contribution in [0.1, 0.15) is 26.3 Å². The van der Waals surface area contributed by atoms with E-state index in [1.54, 1.807) is 24.3 Å². The molecule has 0 radical (unpaired) electrons. The molecule has 2 amide bonds. The maximum atomic E-state index is 13.6. The van der Waals surface area contributed by atoms with Crippen molar-refractivity contribution in [3.63, 3.8) is 0 Å². The lowest BCUT2D eigenvalue weighted by Gasteiger charge is -2.32. The molecule has 0 aromatic heterocycles. The predicted molar refractivity (Wildman–Crippen MR) is 97.4 cm³/mol. The molecular weight excluding hydrogens is 333 g/mol. The Hall–Kier alpha value is -2.73. The van der Waals surface area contributed by atoms with Gasteiger partial charge in [0.15, 0.2) is 0 Å². The molecule has 136 valence electrons. The molecule has 0 saturated carbocycles. The summed E-state index contributed by atoms with van der Waals surface area (Å²) in [6, 6.07) is 13.0. The molecule has 1 fully saturated rings. The maximum absolute atomic E-state index is 13.6. The lowest BCUT2D eigenvalue weighted by Crippen LogP contribution is -2.47. The van der Waals surface area contributed by atoms with Crippen molar-refractivity contribution in [1.82, 2.24) is 15.1 Å². The lowest BCUT2D eigenvalue weighted by molar-refractivity contribution is 0.0664. The molecule has 1 aliphatic rings. The maximum Gasteiger partial charge on any atom is 0.254 e. The Kier molecular flexibility index (Phi) is 5.63. The first-order chi connectivity index (χ1) is 12.5. The van der Waals surface area contributed by atoms with Gasteiger partial charge in [0, 0.05) is 38.3 Å². The summed E-state index contributed by atoms with van der Waals surface area (Å²) < 4.78 is 13.6. The fourth-order valence-corrected chi connectivity index (χ4v) is 2.88. The Morgan fingerprint density at radius 3 is 2.31 bits per heavy atom. The van der Waals surface area contributed by atoms with E-state index in [9.17, 15) is 14.0 Å². The van der Waals surface area contributed by atoms with Gasteiger partial charge >= 0.3 is 0 Å². The molecule has 2 aromatic carbocycles. The van der Waals surface area contributed by atoms with Crippen molar-refractivity contribution in [2.24, 2.45) is 0 Å². The minimum Gasteiger partial charge on any atom is -0.348 e. The third-order valence-corrected chi connectivity index (χ3v) is 4.56. The van der Waals surface area contributed by atoms with Crippen molar-refractivity contribution in [3.05, 3.63) is 71.0 Å². The summed E-state index contributed by atoms with van der Waals surface area (Å²) >= 11 is 0. The summed E-state index contributed by atoms with van der Waals surface area (Å²) in [7, 11) is 2.05. The molecule has 1 heterocycles. The van der Waals surface area contributed by atoms with Crippen molar-refractivity contribution in [2.75, 3.05) is 33.2 Å². The Balaban J connectivity index is 1.57. The van der Waals surface area contributed by atoms with Gasteiger partial charge in [-0.1, -0.05) is 24.3 Å². The van der Waals surface area contributed by atoms with E-state index in [0.717, 1.165) is 31.7 Å². The molecule has 1 aliphatic heterocycles. The van der Waals surface area contributed by atoms with Crippen molar-refractivity contribution >= 4 is 11.8 Å². The molecule has 0 spiro atoms. The summed E-state index contributed by atoms with van der Waals surface area (Å²) in [5.41, 5.74) is 1.51. The van der Waals surface area contributed by atoms with Gasteiger partial charge in [0.1, 0.15) is 5.82 Å². The Labute approximate surface area is 152 Å². The number of nitrogens with zero attached hydrogens (tertiary/aromatic N) is 2. The number of benzene rings is 2. The Bertz CT molecular complexity index is 784. The zero-order valence-corrected chi connectivity index (χ0v) is 14.7. The molecule has 1 saturated heterocycles. The summed E-state index contributed by atoms with van der Waals surface area (Å²) in [5, 5.41) is 2.69. The first kappa shape index (κ1) is 18.1. The number of hydrogen-bond acceptors (Lipinski definition) is 3. The standard InChI is InChI=1S/C20H22FN3O2/c1-23-10-12-24(13-11-23)20(26)16-8-6-15(7-9-16)14-22-19(25)17-4-2-3-5-18(17)21/h2-9H,10-14H2,1H3,(H,22,25). The van der Waals surface area contributed by atoms with Crippen LogP contribution < -0.4 is 5.32 Å². The van der Waals surface area contributed by atoms with Gasteiger partial charge in [-0.05, 0) is 36.9 Å². The third-order valence-electron chi connectivity index (χ3n) is 4.56. The highest BCUT2D eigenvalue weighted by molar-refractivity contribution is 5.95. The number of nitrogens with one attached hydrogen (secondary N) is 1. The molecular formula is C20H22FN3O2. The lowest BCUT2D eigenvalue weighted by atomic mass is 10.1. The SMILES string of the molecule is CN1CCN(C(=O)c2ccc(CNC(=O)c3ccccc3F)cc2)CC1. The minimum absolute atomic E-state index is 0.0226. The fourth-order valence-electron chi connectivity index (χ4n) is 2.88. The smallest absolute Gasteiger partial charge is 0.254 e. The van der Waals surface area contributed by atoms with E-state index < -0.39 is 11.7 Å². The van der Waals surface area contributed by atoms with Crippen molar-refractivity contribution in [2.45, 2.75) is 6.54 Å². The number of hydrogen-bond donors (Lipinski definition) is 1. The van der Waals surface area contributed by atoms with Crippen LogP contribution in [0.2, 0.25) is 0 Å². The van der Waals surface area contributed by atoms with Crippen LogP contribution in [0.25, 0.3) is 0 Å². The van der Waals surface area contributed by atoms with E-state index in [4.69, 9.17) is 0 Å². The van der Waals surface area contributed by atoms with Crippen LogP contribution in [-0.4, -0.2) is 54.8 Å². The molecule has 6 heteroatoms. The normalized spacial score (nSPS) is 14.9. The van der Waals surface area contributed by atoms with Crippen molar-refractivity contribution < 1.29 is 14.0 Å². The molecule has 1 N–H and O–H groups in total. The van der Waals surface area contributed by atoms with E-state index in [-0.39, 0.29) is 18.0 Å². The Morgan fingerprint density at radius 2 is 1.65 bits per heavy atom. The van der Waals surface area contributed by atoms with Crippen LogP contribution in [0.15, 0.2) is 48.5 Å². The van der Waals surface area contributed by atoms with Gasteiger partial charge in [0.25, 0.3) is 11.8 Å². The number of amides is 2. The molecule has 3 rings (SSSR count). The van der Waals surface area contributed by atoms with Crippen LogP contribution in [0, 0.1) is 5.82 Å². The van der Waals surface area contributed by atoms with E-state index in [2.05, 4.69) is 10.2 Å². The number of carbonyl (C=O) groups excluding carboxylic acids is 2. The summed E-state index contributed by atoms with van der Waals surface area (Å²) in [5.74, 6) is -0.973. The molecule has 0 unspecified atom stereocenters. The number of halogens is 1. The zero-order valence-electron chi connectivity index (χ0n) is 14.7. The van der Waals surface area contributed by atoms with Gasteiger partial charge in [-0.25, -0.2) is 4.39 Å². The summed E-state index contributed by atoms with van der Waals surface area (Å²) in [6.45, 7) is 3.50. The van der Waals surface area contributed by atoms with E-state index >= 15 is 0 Å². The van der Waals surface area contributed by atoms with Crippen LogP contribution in [0.5, 0.6) is 0 Å². The van der Waals surface area contributed by atoms with E-state index in [1.807, 2.05) is 24.1 Å². The van der Waals surface area contributed by atoms with Gasteiger partial charge in [-0.3, -0.25) is 9.59 Å². The van der Waals surface area contributed by atoms with Crippen LogP contribution >= 0.6 is 0 Å². The monoisotopic (exact) mass is 355 g/mol. The second-order valence-corrected chi connectivity index (χ2v) is 6.45. The van der Waals surface area contributed by atoms with Crippen molar-refractivity contribution in [3.8, 4) is 0 Å². The van der Waals surface area contributed by atoms with Gasteiger partial charge in [0.2, 0.25) is 0 Å². The second kappa shape index (κ2) is 8.10. The first-order valence-corrected chi connectivity index (χ1v) is 8.64. The third kappa shape index (κ3) is 4.26. The van der Waals surface area contributed by atoms with Crippen molar-refractivity contribution in [1.29, 1.82) is 0 Å². The van der Waals surface area contributed by atoms with Crippen LogP contribution in [-0.2, 0) is 6.54 Å². The van der Waals surface area contributed by atoms with Gasteiger partial charge in [-0.15, -0.1) is 0 Å². The minimum atomic E-state index is -0.543. The Morgan fingerprint density at radius 1 is 1.00 bits per heavy atom. The molecule has 0 atom stereocenters. The highest BCUT2D eigenvalue weighted by atomic mass is 19.1. The predicted octanol–water partition coefficient (Wildman–Crippen LogP) is 2.14. The number of piperazine rings is 1. The zero-order chi connectivity index (χ0) is 18.5. The average Bonchev–Trinajstić information content (AvgIpc) is 2.67.